The van der Waals surface area contributed by atoms with Crippen LogP contribution in [0.2, 0.25) is 0 Å². The number of aliphatic hydroxyl groups excluding tert-OH is 2. The molecule has 104 valence electrons. The molecule has 18 heavy (non-hydrogen) atoms. The molecular formula is C11H21NO5P+. The van der Waals surface area contributed by atoms with E-state index in [2.05, 4.69) is 17.1 Å². The Labute approximate surface area is 109 Å². The Morgan fingerprint density at radius 2 is 1.94 bits per heavy atom. The molecule has 0 amide bonds. The minimum absolute atomic E-state index is 0.0473. The first-order valence-electron chi connectivity index (χ1n) is 5.27. The number of hydrogen-bond acceptors (Lipinski definition) is 5. The van der Waals surface area contributed by atoms with Gasteiger partial charge in [0.25, 0.3) is 0 Å². The second kappa shape index (κ2) is 11.2. The molecule has 0 bridgehead atoms. The molecule has 0 atom stereocenters. The summed E-state index contributed by atoms with van der Waals surface area (Å²) in [5, 5.41) is 16.7. The Morgan fingerprint density at radius 3 is 2.28 bits per heavy atom. The third kappa shape index (κ3) is 13.2. The monoisotopic (exact) mass is 278 g/mol. The van der Waals surface area contributed by atoms with Crippen LogP contribution >= 0.6 is 7.92 Å². The summed E-state index contributed by atoms with van der Waals surface area (Å²) in [6.45, 7) is 5.46. The number of quaternary nitrogens is 1. The van der Waals surface area contributed by atoms with Crippen molar-refractivity contribution in [2.75, 3.05) is 40.5 Å². The van der Waals surface area contributed by atoms with Gasteiger partial charge in [0.05, 0.1) is 6.61 Å². The maximum absolute atomic E-state index is 10.5. The first-order valence-corrected chi connectivity index (χ1v) is 6.09. The van der Waals surface area contributed by atoms with Crippen LogP contribution in [-0.4, -0.2) is 61.1 Å². The zero-order valence-corrected chi connectivity index (χ0v) is 11.9. The van der Waals surface area contributed by atoms with Gasteiger partial charge in [-0.15, -0.1) is 0 Å². The van der Waals surface area contributed by atoms with Gasteiger partial charge in [0, 0.05) is 5.57 Å². The third-order valence-electron chi connectivity index (χ3n) is 1.64. The number of esters is 1. The summed E-state index contributed by atoms with van der Waals surface area (Å²) in [6, 6.07) is 0. The summed E-state index contributed by atoms with van der Waals surface area (Å²) >= 11 is 0. The van der Waals surface area contributed by atoms with Gasteiger partial charge < -0.3 is 9.84 Å². The van der Waals surface area contributed by atoms with Crippen molar-refractivity contribution in [2.45, 2.75) is 6.92 Å². The van der Waals surface area contributed by atoms with Gasteiger partial charge in [-0.05, 0) is 6.92 Å². The van der Waals surface area contributed by atoms with Crippen molar-refractivity contribution in [2.24, 2.45) is 0 Å². The fraction of sp³-hybridized carbons (Fsp3) is 0.636. The number of nitrogens with zero attached hydrogens (tertiary/aromatic N) is 1. The number of aliphatic hydroxyl groups is 2. The van der Waals surface area contributed by atoms with E-state index in [1.54, 1.807) is 6.92 Å². The number of carbonyl (C=O) groups excluding carboxylic acids is 1. The van der Waals surface area contributed by atoms with Gasteiger partial charge in [-0.2, -0.15) is 0 Å². The second-order valence-electron chi connectivity index (χ2n) is 3.96. The second-order valence-corrected chi connectivity index (χ2v) is 4.35. The molecule has 0 fully saturated rings. The topological polar surface area (TPSA) is 83.8 Å². The Morgan fingerprint density at radius 1 is 1.39 bits per heavy atom. The number of likely N-dealkylation sites (N-methyl/N-ethyl adjacent to an activating group) is 1. The van der Waals surface area contributed by atoms with E-state index >= 15 is 0 Å². The summed E-state index contributed by atoms with van der Waals surface area (Å²) in [4.78, 5) is 10.5. The predicted molar refractivity (Wildman–Crippen MR) is 68.4 cm³/mol. The van der Waals surface area contributed by atoms with E-state index in [0.29, 0.717) is 16.6 Å². The van der Waals surface area contributed by atoms with Gasteiger partial charge in [0.15, 0.2) is 0 Å². The molecule has 0 aromatic carbocycles. The molecule has 0 heterocycles. The Bertz CT molecular complexity index is 361. The van der Waals surface area contributed by atoms with Gasteiger partial charge in [-0.25, -0.2) is 4.79 Å². The average Bonchev–Trinajstić information content (AvgIpc) is 2.26. The van der Waals surface area contributed by atoms with Crippen molar-refractivity contribution in [3.8, 4) is 5.75 Å². The normalized spacial score (nSPS) is 9.61. The zero-order valence-electron chi connectivity index (χ0n) is 11.0. The first kappa shape index (κ1) is 19.4. The van der Waals surface area contributed by atoms with Crippen LogP contribution < -0.4 is 0 Å². The quantitative estimate of drug-likeness (QED) is 0.328. The fourth-order valence-corrected chi connectivity index (χ4v) is 0.993. The van der Waals surface area contributed by atoms with Crippen LogP contribution in [0, 0.1) is 5.75 Å². The summed E-state index contributed by atoms with van der Waals surface area (Å²) in [6.07, 6.45) is 0. The van der Waals surface area contributed by atoms with E-state index < -0.39 is 5.97 Å². The van der Waals surface area contributed by atoms with E-state index in [-0.39, 0.29) is 27.7 Å². The maximum atomic E-state index is 10.5. The van der Waals surface area contributed by atoms with E-state index in [9.17, 15) is 9.36 Å². The molecule has 0 aliphatic rings. The molecule has 7 heteroatoms. The van der Waals surface area contributed by atoms with Gasteiger partial charge in [0.2, 0.25) is 0 Å². The minimum atomic E-state index is -0.455. The van der Waals surface area contributed by atoms with Crippen molar-refractivity contribution in [1.82, 2.24) is 0 Å². The van der Waals surface area contributed by atoms with Gasteiger partial charge in [-0.1, -0.05) is 6.58 Å². The summed E-state index contributed by atoms with van der Waals surface area (Å²) in [7, 11) is 3.54. The van der Waals surface area contributed by atoms with Crippen LogP contribution in [0.4, 0.5) is 0 Å². The van der Waals surface area contributed by atoms with Gasteiger partial charge in [-0.3, -0.25) is 0 Å². The van der Waals surface area contributed by atoms with Crippen LogP contribution in [0.3, 0.4) is 0 Å². The van der Waals surface area contributed by atoms with Crippen molar-refractivity contribution in [1.29, 1.82) is 0 Å². The van der Waals surface area contributed by atoms with Crippen molar-refractivity contribution < 1.29 is 28.8 Å². The third-order valence-corrected chi connectivity index (χ3v) is 2.27. The van der Waals surface area contributed by atoms with Crippen molar-refractivity contribution >= 4 is 13.9 Å². The van der Waals surface area contributed by atoms with E-state index in [4.69, 9.17) is 10.2 Å². The Balaban J connectivity index is 0. The number of hydrogen-bond donors (Lipinski definition) is 2. The van der Waals surface area contributed by atoms with Crippen LogP contribution in [0.1, 0.15) is 6.92 Å². The van der Waals surface area contributed by atoms with Crippen LogP contribution in [0.15, 0.2) is 12.2 Å². The first-order chi connectivity index (χ1) is 8.30. The van der Waals surface area contributed by atoms with E-state index in [0.717, 1.165) is 0 Å². The molecule has 0 spiro atoms. The molecule has 0 aromatic rings. The van der Waals surface area contributed by atoms with E-state index in [1.807, 2.05) is 14.1 Å². The average molecular weight is 278 g/mol. The van der Waals surface area contributed by atoms with E-state index in [1.165, 1.54) is 0 Å². The Hall–Kier alpha value is -0.900. The van der Waals surface area contributed by atoms with Crippen molar-refractivity contribution in [3.05, 3.63) is 12.2 Å². The van der Waals surface area contributed by atoms with Crippen molar-refractivity contribution in [3.63, 3.8) is 0 Å². The predicted octanol–water partition coefficient (Wildman–Crippen LogP) is 0.361. The van der Waals surface area contributed by atoms with Crippen LogP contribution in [0.25, 0.3) is 0 Å². The summed E-state index contributed by atoms with van der Waals surface area (Å²) in [5.74, 6) is 2.16. The molecule has 0 aliphatic carbocycles. The summed E-state index contributed by atoms with van der Waals surface area (Å²) < 4.78 is 14.8. The zero-order chi connectivity index (χ0) is 14.6. The summed E-state index contributed by atoms with van der Waals surface area (Å²) in [5.41, 5.74) is 0.350. The van der Waals surface area contributed by atoms with Crippen LogP contribution in [-0.2, 0) is 14.1 Å². The molecule has 0 saturated carbocycles. The molecule has 0 aliphatic heterocycles. The van der Waals surface area contributed by atoms with Gasteiger partial charge >= 0.3 is 61.0 Å². The molecule has 0 saturated heterocycles. The Kier molecular flexibility index (Phi) is 12.1. The number of ether oxygens (including phenoxy) is 1. The molecule has 0 aromatic heterocycles. The molecule has 0 radical (unpaired) electrons. The fourth-order valence-electron chi connectivity index (χ4n) is 0.672. The molecule has 2 N–H and O–H groups in total. The molecular weight excluding hydrogens is 257 g/mol. The SMILES string of the molecule is C=C(C)C(=O)OCCO.C[N+](C)(C#P=O)CCO. The number of rotatable bonds is 5. The molecule has 6 nitrogen and oxygen atoms in total. The molecule has 0 rings (SSSR count). The number of carbonyl (C=O) groups is 1. The standard InChI is InChI=1S/C6H10O3.C5H11NO2P/c1-5(2)6(8)9-4-3-7;1-6(2,3-4-7)5-9-8/h7H,1,3-4H2,2H3;7H,3-4H2,1-2H3/q;+1. The molecule has 0 unspecified atom stereocenters. The van der Waals surface area contributed by atoms with Gasteiger partial charge in [0.1, 0.15) is 6.61 Å². The van der Waals surface area contributed by atoms with Crippen LogP contribution in [0.5, 0.6) is 0 Å².